The third-order valence-electron chi connectivity index (χ3n) is 3.22. The molecule has 2 N–H and O–H groups in total. The Hall–Kier alpha value is -0.800. The van der Waals surface area contributed by atoms with Crippen LogP contribution in [0.15, 0.2) is 22.8 Å². The third-order valence-corrected chi connectivity index (χ3v) is 3.22. The van der Waals surface area contributed by atoms with E-state index in [0.717, 1.165) is 24.8 Å². The van der Waals surface area contributed by atoms with Crippen molar-refractivity contribution in [2.24, 2.45) is 11.7 Å². The third kappa shape index (κ3) is 2.41. The summed E-state index contributed by atoms with van der Waals surface area (Å²) in [7, 11) is 0. The average Bonchev–Trinajstić information content (AvgIpc) is 2.72. The number of rotatable bonds is 3. The first-order valence-electron chi connectivity index (χ1n) is 5.78. The van der Waals surface area contributed by atoms with Crippen LogP contribution in [0.25, 0.3) is 0 Å². The molecule has 2 unspecified atom stereocenters. The van der Waals surface area contributed by atoms with Crippen molar-refractivity contribution in [3.63, 3.8) is 0 Å². The minimum atomic E-state index is 0.266. The molecular weight excluding hydrogens is 188 g/mol. The Kier molecular flexibility index (Phi) is 3.44. The largest absolute Gasteiger partial charge is 0.468 e. The number of hydrogen-bond acceptors (Lipinski definition) is 3. The monoisotopic (exact) mass is 208 g/mol. The van der Waals surface area contributed by atoms with Crippen LogP contribution in [-0.4, -0.2) is 24.5 Å². The SMILES string of the molecule is CC1CCCN(C(CN)c2ccco2)C1. The Morgan fingerprint density at radius 2 is 2.53 bits per heavy atom. The van der Waals surface area contributed by atoms with Gasteiger partial charge in [0, 0.05) is 13.1 Å². The Labute approximate surface area is 91.2 Å². The zero-order chi connectivity index (χ0) is 10.7. The number of nitrogens with zero attached hydrogens (tertiary/aromatic N) is 1. The van der Waals surface area contributed by atoms with Gasteiger partial charge in [0.15, 0.2) is 0 Å². The number of likely N-dealkylation sites (tertiary alicyclic amines) is 1. The molecule has 0 radical (unpaired) electrons. The van der Waals surface area contributed by atoms with E-state index in [1.807, 2.05) is 12.1 Å². The van der Waals surface area contributed by atoms with Crippen molar-refractivity contribution in [1.29, 1.82) is 0 Å². The summed E-state index contributed by atoms with van der Waals surface area (Å²) in [5, 5.41) is 0. The van der Waals surface area contributed by atoms with Crippen LogP contribution in [0.2, 0.25) is 0 Å². The van der Waals surface area contributed by atoms with Crippen molar-refractivity contribution in [1.82, 2.24) is 4.90 Å². The van der Waals surface area contributed by atoms with Gasteiger partial charge in [-0.3, -0.25) is 4.90 Å². The lowest BCUT2D eigenvalue weighted by atomic mass is 9.98. The molecule has 0 spiro atoms. The lowest BCUT2D eigenvalue weighted by Gasteiger charge is -2.35. The van der Waals surface area contributed by atoms with Gasteiger partial charge in [-0.2, -0.15) is 0 Å². The van der Waals surface area contributed by atoms with Crippen LogP contribution in [0.3, 0.4) is 0 Å². The van der Waals surface area contributed by atoms with Crippen LogP contribution in [0, 0.1) is 5.92 Å². The Bertz CT molecular complexity index is 284. The first-order valence-corrected chi connectivity index (χ1v) is 5.78. The van der Waals surface area contributed by atoms with Gasteiger partial charge in [-0.05, 0) is 37.4 Å². The van der Waals surface area contributed by atoms with Crippen molar-refractivity contribution < 1.29 is 4.42 Å². The molecule has 1 aromatic rings. The van der Waals surface area contributed by atoms with Gasteiger partial charge in [0.1, 0.15) is 5.76 Å². The van der Waals surface area contributed by atoms with E-state index in [1.165, 1.54) is 12.8 Å². The molecule has 2 atom stereocenters. The fourth-order valence-corrected chi connectivity index (χ4v) is 2.43. The standard InChI is InChI=1S/C12H20N2O/c1-10-4-2-6-14(9-10)11(8-13)12-5-3-7-15-12/h3,5,7,10-11H,2,4,6,8-9,13H2,1H3. The van der Waals surface area contributed by atoms with Crippen molar-refractivity contribution in [3.8, 4) is 0 Å². The quantitative estimate of drug-likeness (QED) is 0.826. The molecule has 1 aliphatic rings. The fourth-order valence-electron chi connectivity index (χ4n) is 2.43. The van der Waals surface area contributed by atoms with E-state index in [2.05, 4.69) is 11.8 Å². The number of nitrogens with two attached hydrogens (primary N) is 1. The summed E-state index contributed by atoms with van der Waals surface area (Å²) < 4.78 is 5.45. The molecule has 0 aromatic carbocycles. The molecular formula is C12H20N2O. The topological polar surface area (TPSA) is 42.4 Å². The van der Waals surface area contributed by atoms with E-state index in [9.17, 15) is 0 Å². The zero-order valence-corrected chi connectivity index (χ0v) is 9.36. The van der Waals surface area contributed by atoms with Gasteiger partial charge < -0.3 is 10.2 Å². The summed E-state index contributed by atoms with van der Waals surface area (Å²) in [4.78, 5) is 2.45. The number of furan rings is 1. The summed E-state index contributed by atoms with van der Waals surface area (Å²) in [6, 6.07) is 4.23. The smallest absolute Gasteiger partial charge is 0.122 e. The van der Waals surface area contributed by atoms with Crippen LogP contribution in [0.4, 0.5) is 0 Å². The van der Waals surface area contributed by atoms with Gasteiger partial charge in [0.2, 0.25) is 0 Å². The molecule has 0 bridgehead atoms. The maximum absolute atomic E-state index is 5.84. The molecule has 1 saturated heterocycles. The molecule has 3 nitrogen and oxygen atoms in total. The average molecular weight is 208 g/mol. The molecule has 2 heterocycles. The molecule has 84 valence electrons. The van der Waals surface area contributed by atoms with E-state index >= 15 is 0 Å². The highest BCUT2D eigenvalue weighted by molar-refractivity contribution is 5.05. The van der Waals surface area contributed by atoms with E-state index < -0.39 is 0 Å². The maximum atomic E-state index is 5.84. The maximum Gasteiger partial charge on any atom is 0.122 e. The minimum absolute atomic E-state index is 0.266. The van der Waals surface area contributed by atoms with Gasteiger partial charge in [-0.15, -0.1) is 0 Å². The zero-order valence-electron chi connectivity index (χ0n) is 9.36. The second kappa shape index (κ2) is 4.81. The van der Waals surface area contributed by atoms with Crippen LogP contribution < -0.4 is 5.73 Å². The molecule has 2 rings (SSSR count). The summed E-state index contributed by atoms with van der Waals surface area (Å²) in [6.45, 7) is 5.23. The number of piperidine rings is 1. The molecule has 1 fully saturated rings. The molecule has 0 amide bonds. The van der Waals surface area contributed by atoms with Crippen LogP contribution in [0.1, 0.15) is 31.6 Å². The van der Waals surface area contributed by atoms with Crippen molar-refractivity contribution in [3.05, 3.63) is 24.2 Å². The lowest BCUT2D eigenvalue weighted by molar-refractivity contribution is 0.119. The van der Waals surface area contributed by atoms with E-state index in [1.54, 1.807) is 6.26 Å². The molecule has 1 aliphatic heterocycles. The Balaban J connectivity index is 2.06. The first kappa shape index (κ1) is 10.7. The highest BCUT2D eigenvalue weighted by Gasteiger charge is 2.25. The molecule has 1 aromatic heterocycles. The highest BCUT2D eigenvalue weighted by Crippen LogP contribution is 2.26. The molecule has 3 heteroatoms. The minimum Gasteiger partial charge on any atom is -0.468 e. The molecule has 15 heavy (non-hydrogen) atoms. The van der Waals surface area contributed by atoms with Crippen molar-refractivity contribution in [2.75, 3.05) is 19.6 Å². The van der Waals surface area contributed by atoms with Crippen molar-refractivity contribution >= 4 is 0 Å². The number of hydrogen-bond donors (Lipinski definition) is 1. The summed E-state index contributed by atoms with van der Waals surface area (Å²) >= 11 is 0. The highest BCUT2D eigenvalue weighted by atomic mass is 16.3. The molecule has 0 saturated carbocycles. The first-order chi connectivity index (χ1) is 7.31. The van der Waals surface area contributed by atoms with E-state index in [-0.39, 0.29) is 6.04 Å². The van der Waals surface area contributed by atoms with E-state index in [0.29, 0.717) is 6.54 Å². The normalized spacial score (nSPS) is 25.3. The van der Waals surface area contributed by atoms with Gasteiger partial charge >= 0.3 is 0 Å². The second-order valence-electron chi connectivity index (χ2n) is 4.51. The predicted octanol–water partition coefficient (Wildman–Crippen LogP) is 2.01. The van der Waals surface area contributed by atoms with Crippen LogP contribution >= 0.6 is 0 Å². The van der Waals surface area contributed by atoms with Crippen LogP contribution in [0.5, 0.6) is 0 Å². The van der Waals surface area contributed by atoms with Gasteiger partial charge in [0.05, 0.1) is 12.3 Å². The van der Waals surface area contributed by atoms with Gasteiger partial charge in [0.25, 0.3) is 0 Å². The Morgan fingerprint density at radius 1 is 1.67 bits per heavy atom. The summed E-state index contributed by atoms with van der Waals surface area (Å²) in [6.07, 6.45) is 4.34. The summed E-state index contributed by atoms with van der Waals surface area (Å²) in [5.74, 6) is 1.79. The summed E-state index contributed by atoms with van der Waals surface area (Å²) in [5.41, 5.74) is 5.84. The van der Waals surface area contributed by atoms with E-state index in [4.69, 9.17) is 10.2 Å². The van der Waals surface area contributed by atoms with Gasteiger partial charge in [-0.25, -0.2) is 0 Å². The Morgan fingerprint density at radius 3 is 3.13 bits per heavy atom. The fraction of sp³-hybridized carbons (Fsp3) is 0.667. The second-order valence-corrected chi connectivity index (χ2v) is 4.51. The van der Waals surface area contributed by atoms with Crippen molar-refractivity contribution in [2.45, 2.75) is 25.8 Å². The molecule has 0 aliphatic carbocycles. The van der Waals surface area contributed by atoms with Crippen LogP contribution in [-0.2, 0) is 0 Å². The van der Waals surface area contributed by atoms with Gasteiger partial charge in [-0.1, -0.05) is 6.92 Å². The predicted molar refractivity (Wildman–Crippen MR) is 60.5 cm³/mol. The lowest BCUT2D eigenvalue weighted by Crippen LogP contribution is -2.40.